The van der Waals surface area contributed by atoms with Crippen LogP contribution < -0.4 is 5.32 Å². The van der Waals surface area contributed by atoms with E-state index >= 15 is 0 Å². The molecule has 1 aliphatic heterocycles. The maximum atomic E-state index is 11.9. The van der Waals surface area contributed by atoms with Crippen molar-refractivity contribution in [3.63, 3.8) is 0 Å². The Balaban J connectivity index is 1.64. The average Bonchev–Trinajstić information content (AvgIpc) is 2.84. The van der Waals surface area contributed by atoms with Crippen molar-refractivity contribution in [1.82, 2.24) is 10.2 Å². The summed E-state index contributed by atoms with van der Waals surface area (Å²) in [5.41, 5.74) is 1.31. The fourth-order valence-corrected chi connectivity index (χ4v) is 2.98. The van der Waals surface area contributed by atoms with Gasteiger partial charge in [-0.3, -0.25) is 9.69 Å². The monoisotopic (exact) mass is 290 g/mol. The number of carbonyl (C=O) groups excluding carboxylic acids is 1. The molecule has 1 aliphatic rings. The summed E-state index contributed by atoms with van der Waals surface area (Å²) in [6.07, 6.45) is 3.00. The van der Waals surface area contributed by atoms with Crippen molar-refractivity contribution in [2.45, 2.75) is 32.2 Å². The van der Waals surface area contributed by atoms with E-state index in [1.165, 1.54) is 5.56 Å². The molecule has 2 rings (SSSR count). The van der Waals surface area contributed by atoms with Crippen molar-refractivity contribution in [1.29, 1.82) is 0 Å². The fourth-order valence-electron chi connectivity index (χ4n) is 2.98. The molecule has 1 amide bonds. The third-order valence-corrected chi connectivity index (χ3v) is 4.34. The van der Waals surface area contributed by atoms with Gasteiger partial charge in [0, 0.05) is 12.6 Å². The van der Waals surface area contributed by atoms with E-state index in [4.69, 9.17) is 0 Å². The molecule has 0 bridgehead atoms. The normalized spacial score (nSPS) is 22.4. The van der Waals surface area contributed by atoms with Crippen molar-refractivity contribution in [2.75, 3.05) is 26.2 Å². The first-order chi connectivity index (χ1) is 10.2. The van der Waals surface area contributed by atoms with E-state index in [0.717, 1.165) is 25.8 Å². The van der Waals surface area contributed by atoms with E-state index in [1.807, 2.05) is 18.2 Å². The number of hydrogen-bond donors (Lipinski definition) is 2. The molecule has 0 aromatic heterocycles. The molecular weight excluding hydrogens is 264 g/mol. The summed E-state index contributed by atoms with van der Waals surface area (Å²) < 4.78 is 0. The van der Waals surface area contributed by atoms with Gasteiger partial charge in [0.25, 0.3) is 0 Å². The molecular formula is C17H26N2O2. The Kier molecular flexibility index (Phi) is 6.21. The van der Waals surface area contributed by atoms with Gasteiger partial charge >= 0.3 is 0 Å². The lowest BCUT2D eigenvalue weighted by molar-refractivity contribution is -0.122. The largest absolute Gasteiger partial charge is 0.395 e. The number of aryl methyl sites for hydroxylation is 1. The van der Waals surface area contributed by atoms with Gasteiger partial charge < -0.3 is 10.4 Å². The lowest BCUT2D eigenvalue weighted by Crippen LogP contribution is -2.42. The summed E-state index contributed by atoms with van der Waals surface area (Å²) in [5, 5.41) is 12.4. The smallest absolute Gasteiger partial charge is 0.234 e. The second-order valence-electron chi connectivity index (χ2n) is 5.93. The highest BCUT2D eigenvalue weighted by atomic mass is 16.3. The number of likely N-dealkylation sites (tertiary alicyclic amines) is 1. The van der Waals surface area contributed by atoms with Crippen molar-refractivity contribution in [3.8, 4) is 0 Å². The first-order valence-corrected chi connectivity index (χ1v) is 7.86. The maximum absolute atomic E-state index is 11.9. The highest BCUT2D eigenvalue weighted by molar-refractivity contribution is 5.78. The molecule has 116 valence electrons. The number of amides is 1. The van der Waals surface area contributed by atoms with Crippen molar-refractivity contribution in [2.24, 2.45) is 5.92 Å². The maximum Gasteiger partial charge on any atom is 0.234 e. The molecule has 2 unspecified atom stereocenters. The number of nitrogens with one attached hydrogen (secondary N) is 1. The molecule has 2 atom stereocenters. The van der Waals surface area contributed by atoms with E-state index < -0.39 is 0 Å². The molecule has 2 N–H and O–H groups in total. The van der Waals surface area contributed by atoms with Crippen LogP contribution in [-0.4, -0.2) is 48.2 Å². The lowest BCUT2D eigenvalue weighted by Gasteiger charge is -2.24. The molecule has 0 spiro atoms. The predicted molar refractivity (Wildman–Crippen MR) is 84.0 cm³/mol. The summed E-state index contributed by atoms with van der Waals surface area (Å²) in [4.78, 5) is 14.0. The minimum absolute atomic E-state index is 0.0654. The number of rotatable bonds is 7. The van der Waals surface area contributed by atoms with Gasteiger partial charge in [-0.05, 0) is 37.3 Å². The van der Waals surface area contributed by atoms with Gasteiger partial charge in [0.15, 0.2) is 0 Å². The lowest BCUT2D eigenvalue weighted by atomic mass is 10.0. The van der Waals surface area contributed by atoms with Crippen LogP contribution in [0.25, 0.3) is 0 Å². The highest BCUT2D eigenvalue weighted by Crippen LogP contribution is 2.22. The molecule has 0 aliphatic carbocycles. The average molecular weight is 290 g/mol. The first-order valence-electron chi connectivity index (χ1n) is 7.86. The zero-order chi connectivity index (χ0) is 15.1. The Morgan fingerprint density at radius 3 is 2.86 bits per heavy atom. The number of aliphatic hydroxyl groups excluding tert-OH is 1. The number of nitrogens with zero attached hydrogens (tertiary/aromatic N) is 1. The zero-order valence-corrected chi connectivity index (χ0v) is 12.8. The first kappa shape index (κ1) is 16.0. The van der Waals surface area contributed by atoms with E-state index in [1.54, 1.807) is 0 Å². The molecule has 1 aromatic rings. The van der Waals surface area contributed by atoms with E-state index in [2.05, 4.69) is 29.3 Å². The topological polar surface area (TPSA) is 52.6 Å². The van der Waals surface area contributed by atoms with Gasteiger partial charge in [-0.25, -0.2) is 0 Å². The third kappa shape index (κ3) is 4.83. The molecule has 1 aromatic carbocycles. The SMILES string of the molecule is CC1CCN(CC(=O)NCCCc2ccccc2)C1CO. The third-order valence-electron chi connectivity index (χ3n) is 4.34. The van der Waals surface area contributed by atoms with Crippen molar-refractivity contribution < 1.29 is 9.90 Å². The Morgan fingerprint density at radius 2 is 2.14 bits per heavy atom. The predicted octanol–water partition coefficient (Wildman–Crippen LogP) is 1.44. The minimum Gasteiger partial charge on any atom is -0.395 e. The van der Waals surface area contributed by atoms with Crippen LogP contribution >= 0.6 is 0 Å². The second-order valence-corrected chi connectivity index (χ2v) is 5.93. The van der Waals surface area contributed by atoms with Crippen LogP contribution in [0.15, 0.2) is 30.3 Å². The van der Waals surface area contributed by atoms with Crippen LogP contribution in [0.2, 0.25) is 0 Å². The molecule has 0 saturated carbocycles. The van der Waals surface area contributed by atoms with Crippen molar-refractivity contribution >= 4 is 5.91 Å². The van der Waals surface area contributed by atoms with Gasteiger partial charge in [0.2, 0.25) is 5.91 Å². The van der Waals surface area contributed by atoms with Crippen LogP contribution in [0.3, 0.4) is 0 Å². The molecule has 4 heteroatoms. The number of hydrogen-bond acceptors (Lipinski definition) is 3. The summed E-state index contributed by atoms with van der Waals surface area (Å²) in [6, 6.07) is 10.5. The number of aliphatic hydroxyl groups is 1. The number of carbonyl (C=O) groups is 1. The minimum atomic E-state index is 0.0654. The van der Waals surface area contributed by atoms with Gasteiger partial charge in [-0.2, -0.15) is 0 Å². The molecule has 1 saturated heterocycles. The van der Waals surface area contributed by atoms with Crippen LogP contribution in [0, 0.1) is 5.92 Å². The molecule has 1 heterocycles. The number of benzene rings is 1. The van der Waals surface area contributed by atoms with Crippen LogP contribution in [0.4, 0.5) is 0 Å². The quantitative estimate of drug-likeness (QED) is 0.747. The second kappa shape index (κ2) is 8.15. The van der Waals surface area contributed by atoms with E-state index in [0.29, 0.717) is 19.0 Å². The highest BCUT2D eigenvalue weighted by Gasteiger charge is 2.31. The molecule has 1 fully saturated rings. The summed E-state index contributed by atoms with van der Waals surface area (Å²) >= 11 is 0. The van der Waals surface area contributed by atoms with Crippen LogP contribution in [0.1, 0.15) is 25.3 Å². The zero-order valence-electron chi connectivity index (χ0n) is 12.8. The van der Waals surface area contributed by atoms with Gasteiger partial charge in [0.1, 0.15) is 0 Å². The Bertz CT molecular complexity index is 436. The van der Waals surface area contributed by atoms with Crippen molar-refractivity contribution in [3.05, 3.63) is 35.9 Å². The molecule has 0 radical (unpaired) electrons. The summed E-state index contributed by atoms with van der Waals surface area (Å²) in [6.45, 7) is 4.30. The van der Waals surface area contributed by atoms with Gasteiger partial charge in [-0.1, -0.05) is 37.3 Å². The fraction of sp³-hybridized carbons (Fsp3) is 0.588. The Labute approximate surface area is 127 Å². The van der Waals surface area contributed by atoms with Gasteiger partial charge in [0.05, 0.1) is 13.2 Å². The summed E-state index contributed by atoms with van der Waals surface area (Å²) in [5.74, 6) is 0.538. The van der Waals surface area contributed by atoms with E-state index in [-0.39, 0.29) is 18.6 Å². The van der Waals surface area contributed by atoms with Crippen LogP contribution in [-0.2, 0) is 11.2 Å². The van der Waals surface area contributed by atoms with Gasteiger partial charge in [-0.15, -0.1) is 0 Å². The standard InChI is InChI=1S/C17H26N2O2/c1-14-9-11-19(16(14)13-20)12-17(21)18-10-5-8-15-6-3-2-4-7-15/h2-4,6-7,14,16,20H,5,8-13H2,1H3,(H,18,21). The Hall–Kier alpha value is -1.39. The van der Waals surface area contributed by atoms with E-state index in [9.17, 15) is 9.90 Å². The van der Waals surface area contributed by atoms with Crippen LogP contribution in [0.5, 0.6) is 0 Å². The molecule has 4 nitrogen and oxygen atoms in total. The Morgan fingerprint density at radius 1 is 1.38 bits per heavy atom. The summed E-state index contributed by atoms with van der Waals surface area (Å²) in [7, 11) is 0. The molecule has 21 heavy (non-hydrogen) atoms.